The monoisotopic (exact) mass is 273 g/mol. The fourth-order valence-corrected chi connectivity index (χ4v) is 3.45. The molecule has 0 fully saturated rings. The van der Waals surface area contributed by atoms with E-state index in [0.29, 0.717) is 11.1 Å². The molecule has 0 saturated carbocycles. The first-order valence-electron chi connectivity index (χ1n) is 6.25. The number of aliphatic hydroxyl groups is 1. The van der Waals surface area contributed by atoms with Crippen LogP contribution < -0.4 is 0 Å². The van der Waals surface area contributed by atoms with Gasteiger partial charge in [-0.2, -0.15) is 0 Å². The number of aliphatic hydroxyl groups excluding tert-OH is 1. The van der Waals surface area contributed by atoms with Crippen molar-refractivity contribution in [2.75, 3.05) is 0 Å². The molecule has 3 rings (SSSR count). The maximum absolute atomic E-state index is 12.4. The fraction of sp³-hybridized carbons (Fsp3) is 0.267. The van der Waals surface area contributed by atoms with Crippen LogP contribution in [0.25, 0.3) is 0 Å². The highest BCUT2D eigenvalue weighted by Crippen LogP contribution is 2.39. The van der Waals surface area contributed by atoms with Gasteiger partial charge in [-0.05, 0) is 32.0 Å². The van der Waals surface area contributed by atoms with E-state index in [1.165, 1.54) is 4.88 Å². The maximum Gasteiger partial charge on any atom is 0.257 e. The van der Waals surface area contributed by atoms with Crippen molar-refractivity contribution < 1.29 is 9.90 Å². The number of rotatable bonds is 2. The number of amides is 1. The van der Waals surface area contributed by atoms with Crippen LogP contribution in [0.3, 0.4) is 0 Å². The molecule has 1 aliphatic rings. The van der Waals surface area contributed by atoms with Gasteiger partial charge in [0.1, 0.15) is 0 Å². The van der Waals surface area contributed by atoms with E-state index in [0.717, 1.165) is 4.88 Å². The molecule has 2 unspecified atom stereocenters. The van der Waals surface area contributed by atoms with Gasteiger partial charge in [-0.3, -0.25) is 4.79 Å². The van der Waals surface area contributed by atoms with Crippen LogP contribution >= 0.6 is 11.3 Å². The van der Waals surface area contributed by atoms with Crippen molar-refractivity contribution in [3.8, 4) is 0 Å². The Bertz CT molecular complexity index is 635. The average Bonchev–Trinajstić information content (AvgIpc) is 2.94. The summed E-state index contributed by atoms with van der Waals surface area (Å²) in [5, 5.41) is 10.4. The minimum atomic E-state index is -0.846. The molecule has 0 saturated heterocycles. The summed E-state index contributed by atoms with van der Waals surface area (Å²) in [6.07, 6.45) is -0.846. The summed E-state index contributed by atoms with van der Waals surface area (Å²) < 4.78 is 0. The fourth-order valence-electron chi connectivity index (χ4n) is 2.52. The lowest BCUT2D eigenvalue weighted by atomic mass is 10.1. The Kier molecular flexibility index (Phi) is 2.92. The lowest BCUT2D eigenvalue weighted by molar-refractivity contribution is 0.000337. The van der Waals surface area contributed by atoms with Gasteiger partial charge in [0.05, 0.1) is 6.04 Å². The first kappa shape index (κ1) is 12.4. The van der Waals surface area contributed by atoms with Gasteiger partial charge < -0.3 is 10.0 Å². The summed E-state index contributed by atoms with van der Waals surface area (Å²) >= 11 is 1.66. The van der Waals surface area contributed by atoms with E-state index in [4.69, 9.17) is 0 Å². The summed E-state index contributed by atoms with van der Waals surface area (Å²) in [6.45, 7) is 4.00. The molecule has 3 nitrogen and oxygen atoms in total. The molecule has 2 aromatic rings. The van der Waals surface area contributed by atoms with E-state index < -0.39 is 6.23 Å². The molecular formula is C15H15NO2S. The number of carbonyl (C=O) groups is 1. The molecular weight excluding hydrogens is 258 g/mol. The predicted molar refractivity (Wildman–Crippen MR) is 75.0 cm³/mol. The van der Waals surface area contributed by atoms with Crippen LogP contribution in [0.5, 0.6) is 0 Å². The maximum atomic E-state index is 12.4. The molecule has 4 heteroatoms. The standard InChI is InChI=1S/C15H15NO2S/c1-9-7-8-13(19-9)10(2)16-14(17)11-5-3-4-6-12(11)15(16)18/h3-8,10,14,17H,1-2H3. The zero-order valence-corrected chi connectivity index (χ0v) is 11.6. The first-order chi connectivity index (χ1) is 9.09. The molecule has 1 N–H and O–H groups in total. The second kappa shape index (κ2) is 4.47. The molecule has 19 heavy (non-hydrogen) atoms. The molecule has 0 radical (unpaired) electrons. The minimum absolute atomic E-state index is 0.0957. The smallest absolute Gasteiger partial charge is 0.257 e. The van der Waals surface area contributed by atoms with Crippen molar-refractivity contribution in [2.24, 2.45) is 0 Å². The Hall–Kier alpha value is -1.65. The summed E-state index contributed by atoms with van der Waals surface area (Å²) in [7, 11) is 0. The van der Waals surface area contributed by atoms with Crippen LogP contribution in [0.15, 0.2) is 36.4 Å². The Labute approximate surface area is 116 Å². The van der Waals surface area contributed by atoms with Crippen molar-refractivity contribution in [1.29, 1.82) is 0 Å². The molecule has 1 aromatic heterocycles. The normalized spacial score (nSPS) is 19.6. The van der Waals surface area contributed by atoms with E-state index >= 15 is 0 Å². The Morgan fingerprint density at radius 1 is 1.26 bits per heavy atom. The van der Waals surface area contributed by atoms with Crippen LogP contribution in [0.4, 0.5) is 0 Å². The van der Waals surface area contributed by atoms with E-state index in [2.05, 4.69) is 0 Å². The lowest BCUT2D eigenvalue weighted by Gasteiger charge is -2.27. The van der Waals surface area contributed by atoms with E-state index in [1.807, 2.05) is 44.2 Å². The van der Waals surface area contributed by atoms with Gasteiger partial charge in [0.25, 0.3) is 5.91 Å². The minimum Gasteiger partial charge on any atom is -0.369 e. The molecule has 2 atom stereocenters. The third kappa shape index (κ3) is 1.88. The molecule has 1 aromatic carbocycles. The zero-order valence-electron chi connectivity index (χ0n) is 10.8. The third-order valence-corrected chi connectivity index (χ3v) is 4.73. The van der Waals surface area contributed by atoms with Crippen LogP contribution in [-0.4, -0.2) is 15.9 Å². The van der Waals surface area contributed by atoms with Gasteiger partial charge in [0.2, 0.25) is 0 Å². The second-order valence-corrected chi connectivity index (χ2v) is 6.12. The van der Waals surface area contributed by atoms with Crippen molar-refractivity contribution >= 4 is 17.2 Å². The molecule has 0 aliphatic carbocycles. The number of nitrogens with zero attached hydrogens (tertiary/aromatic N) is 1. The molecule has 1 amide bonds. The summed E-state index contributed by atoms with van der Waals surface area (Å²) in [5.74, 6) is -0.0957. The third-order valence-electron chi connectivity index (χ3n) is 3.56. The van der Waals surface area contributed by atoms with E-state index in [9.17, 15) is 9.90 Å². The van der Waals surface area contributed by atoms with Crippen LogP contribution in [0.2, 0.25) is 0 Å². The number of carbonyl (C=O) groups excluding carboxylic acids is 1. The largest absolute Gasteiger partial charge is 0.369 e. The number of hydrogen-bond donors (Lipinski definition) is 1. The van der Waals surface area contributed by atoms with Crippen molar-refractivity contribution in [1.82, 2.24) is 4.90 Å². The molecule has 0 spiro atoms. The summed E-state index contributed by atoms with van der Waals surface area (Å²) in [6, 6.07) is 11.2. The van der Waals surface area contributed by atoms with Gasteiger partial charge in [0, 0.05) is 20.9 Å². The number of thiophene rings is 1. The average molecular weight is 273 g/mol. The Morgan fingerprint density at radius 2 is 2.00 bits per heavy atom. The van der Waals surface area contributed by atoms with Crippen molar-refractivity contribution in [3.05, 3.63) is 57.3 Å². The number of fused-ring (bicyclic) bond motifs is 1. The van der Waals surface area contributed by atoms with Crippen LogP contribution in [0, 0.1) is 6.92 Å². The molecule has 0 bridgehead atoms. The van der Waals surface area contributed by atoms with Gasteiger partial charge >= 0.3 is 0 Å². The SMILES string of the molecule is Cc1ccc(C(C)N2C(=O)c3ccccc3C2O)s1. The second-order valence-electron chi connectivity index (χ2n) is 4.80. The summed E-state index contributed by atoms with van der Waals surface area (Å²) in [5.41, 5.74) is 1.31. The topological polar surface area (TPSA) is 40.5 Å². The Morgan fingerprint density at radius 3 is 2.63 bits per heavy atom. The van der Waals surface area contributed by atoms with Crippen molar-refractivity contribution in [2.45, 2.75) is 26.1 Å². The highest BCUT2D eigenvalue weighted by molar-refractivity contribution is 7.12. The number of benzene rings is 1. The van der Waals surface area contributed by atoms with Crippen molar-refractivity contribution in [3.63, 3.8) is 0 Å². The van der Waals surface area contributed by atoms with Crippen LogP contribution in [-0.2, 0) is 0 Å². The predicted octanol–water partition coefficient (Wildman–Crippen LogP) is 3.26. The highest BCUT2D eigenvalue weighted by atomic mass is 32.1. The molecule has 2 heterocycles. The van der Waals surface area contributed by atoms with Gasteiger partial charge in [-0.15, -0.1) is 11.3 Å². The molecule has 1 aliphatic heterocycles. The Balaban J connectivity index is 1.97. The van der Waals surface area contributed by atoms with E-state index in [-0.39, 0.29) is 11.9 Å². The summed E-state index contributed by atoms with van der Waals surface area (Å²) in [4.78, 5) is 16.3. The van der Waals surface area contributed by atoms with E-state index in [1.54, 1.807) is 22.3 Å². The number of aryl methyl sites for hydroxylation is 1. The zero-order chi connectivity index (χ0) is 13.6. The van der Waals surface area contributed by atoms with Crippen LogP contribution in [0.1, 0.15) is 44.9 Å². The van der Waals surface area contributed by atoms with Gasteiger partial charge in [-0.25, -0.2) is 0 Å². The highest BCUT2D eigenvalue weighted by Gasteiger charge is 2.38. The molecule has 98 valence electrons. The van der Waals surface area contributed by atoms with Gasteiger partial charge in [0.15, 0.2) is 6.23 Å². The quantitative estimate of drug-likeness (QED) is 0.912. The first-order valence-corrected chi connectivity index (χ1v) is 7.07. The number of hydrogen-bond acceptors (Lipinski definition) is 3. The van der Waals surface area contributed by atoms with Gasteiger partial charge in [-0.1, -0.05) is 18.2 Å². The lowest BCUT2D eigenvalue weighted by Crippen LogP contribution is -2.30.